The average molecular weight is 436 g/mol. The molecule has 32 heavy (non-hydrogen) atoms. The Morgan fingerprint density at radius 3 is 2.62 bits per heavy atom. The molecule has 1 atom stereocenters. The van der Waals surface area contributed by atoms with Gasteiger partial charge in [-0.1, -0.05) is 12.1 Å². The van der Waals surface area contributed by atoms with E-state index in [1.54, 1.807) is 46.9 Å². The molecule has 164 valence electrons. The molecule has 0 radical (unpaired) electrons. The van der Waals surface area contributed by atoms with Gasteiger partial charge in [-0.3, -0.25) is 4.79 Å². The number of nitrogens with zero attached hydrogens (tertiary/aromatic N) is 6. The molecule has 0 spiro atoms. The molecular weight excluding hydrogens is 415 g/mol. The van der Waals surface area contributed by atoms with Crippen LogP contribution in [0.25, 0.3) is 17.2 Å². The molecule has 1 amide bonds. The van der Waals surface area contributed by atoms with Crippen LogP contribution in [0.3, 0.4) is 0 Å². The number of fused-ring (bicyclic) bond motifs is 1. The largest absolute Gasteiger partial charge is 0.478 e. The Balaban J connectivity index is 1.25. The Kier molecular flexibility index (Phi) is 5.18. The molecule has 10 heteroatoms. The van der Waals surface area contributed by atoms with Crippen LogP contribution in [0, 0.1) is 5.82 Å². The molecule has 0 unspecified atom stereocenters. The highest BCUT2D eigenvalue weighted by molar-refractivity contribution is 5.81. The van der Waals surface area contributed by atoms with Crippen molar-refractivity contribution in [2.45, 2.75) is 13.0 Å². The number of ether oxygens (including phenoxy) is 1. The van der Waals surface area contributed by atoms with E-state index in [4.69, 9.17) is 9.15 Å². The van der Waals surface area contributed by atoms with E-state index in [1.807, 2.05) is 12.1 Å². The molecule has 0 N–H and O–H groups in total. The molecule has 5 rings (SSSR count). The number of aromatic nitrogens is 4. The lowest BCUT2D eigenvalue weighted by Gasteiger charge is -2.36. The SMILES string of the molecule is C[C@H](Oc1ccccc1F)C(=O)N1CCN(c2ccc3nnc(-c4ccco4)n3n2)CC1. The van der Waals surface area contributed by atoms with Gasteiger partial charge in [-0.25, -0.2) is 4.39 Å². The predicted molar refractivity (Wildman–Crippen MR) is 114 cm³/mol. The molecule has 1 aliphatic heterocycles. The van der Waals surface area contributed by atoms with Crippen molar-refractivity contribution >= 4 is 17.4 Å². The van der Waals surface area contributed by atoms with Crippen LogP contribution in [0.15, 0.2) is 59.2 Å². The molecule has 1 aliphatic rings. The standard InChI is InChI=1S/C22H21FN6O3/c1-15(32-17-6-3-2-5-16(17)23)22(30)28-12-10-27(11-13-28)20-9-8-19-24-25-21(29(19)26-20)18-7-4-14-31-18/h2-9,14-15H,10-13H2,1H3/t15-/m0/s1. The smallest absolute Gasteiger partial charge is 0.263 e. The zero-order chi connectivity index (χ0) is 22.1. The number of benzene rings is 1. The molecule has 4 heterocycles. The van der Waals surface area contributed by atoms with Gasteiger partial charge in [0.25, 0.3) is 5.91 Å². The summed E-state index contributed by atoms with van der Waals surface area (Å²) in [7, 11) is 0. The van der Waals surface area contributed by atoms with E-state index in [2.05, 4.69) is 20.2 Å². The molecular formula is C22H21FN6O3. The number of carbonyl (C=O) groups is 1. The first-order chi connectivity index (χ1) is 15.6. The van der Waals surface area contributed by atoms with E-state index in [0.717, 1.165) is 5.82 Å². The minimum atomic E-state index is -0.777. The second-order valence-electron chi connectivity index (χ2n) is 7.47. The van der Waals surface area contributed by atoms with Crippen LogP contribution in [-0.2, 0) is 4.79 Å². The lowest BCUT2D eigenvalue weighted by atomic mass is 10.2. The quantitative estimate of drug-likeness (QED) is 0.475. The maximum Gasteiger partial charge on any atom is 0.263 e. The third kappa shape index (κ3) is 3.75. The fourth-order valence-electron chi connectivity index (χ4n) is 3.70. The van der Waals surface area contributed by atoms with Gasteiger partial charge in [-0.15, -0.1) is 15.3 Å². The van der Waals surface area contributed by atoms with Crippen molar-refractivity contribution in [2.75, 3.05) is 31.1 Å². The third-order valence-electron chi connectivity index (χ3n) is 5.39. The van der Waals surface area contributed by atoms with Gasteiger partial charge < -0.3 is 19.0 Å². The fourth-order valence-corrected chi connectivity index (χ4v) is 3.70. The lowest BCUT2D eigenvalue weighted by molar-refractivity contribution is -0.138. The molecule has 3 aromatic heterocycles. The van der Waals surface area contributed by atoms with Crippen LogP contribution >= 0.6 is 0 Å². The van der Waals surface area contributed by atoms with Crippen LogP contribution in [-0.4, -0.2) is 62.9 Å². The van der Waals surface area contributed by atoms with Gasteiger partial charge in [-0.2, -0.15) is 4.52 Å². The number of anilines is 1. The highest BCUT2D eigenvalue weighted by atomic mass is 19.1. The van der Waals surface area contributed by atoms with E-state index in [0.29, 0.717) is 43.4 Å². The molecule has 1 saturated heterocycles. The average Bonchev–Trinajstić information content (AvgIpc) is 3.49. The zero-order valence-electron chi connectivity index (χ0n) is 17.4. The summed E-state index contributed by atoms with van der Waals surface area (Å²) in [5.74, 6) is 1.29. The van der Waals surface area contributed by atoms with Crippen molar-refractivity contribution in [2.24, 2.45) is 0 Å². The molecule has 1 fully saturated rings. The Morgan fingerprint density at radius 1 is 1.06 bits per heavy atom. The van der Waals surface area contributed by atoms with Gasteiger partial charge in [0, 0.05) is 26.2 Å². The van der Waals surface area contributed by atoms with E-state index in [1.165, 1.54) is 12.1 Å². The first-order valence-electron chi connectivity index (χ1n) is 10.3. The highest BCUT2D eigenvalue weighted by Crippen LogP contribution is 2.21. The van der Waals surface area contributed by atoms with Gasteiger partial charge in [-0.05, 0) is 43.3 Å². The van der Waals surface area contributed by atoms with Gasteiger partial charge in [0.15, 0.2) is 29.1 Å². The van der Waals surface area contributed by atoms with Gasteiger partial charge in [0.2, 0.25) is 5.82 Å². The van der Waals surface area contributed by atoms with E-state index in [9.17, 15) is 9.18 Å². The number of para-hydroxylation sites is 1. The van der Waals surface area contributed by atoms with Gasteiger partial charge in [0.1, 0.15) is 5.82 Å². The van der Waals surface area contributed by atoms with Crippen molar-refractivity contribution in [3.63, 3.8) is 0 Å². The lowest BCUT2D eigenvalue weighted by Crippen LogP contribution is -2.52. The number of furan rings is 1. The Labute approximate surface area is 183 Å². The Hall–Kier alpha value is -3.95. The minimum absolute atomic E-state index is 0.0748. The van der Waals surface area contributed by atoms with Gasteiger partial charge >= 0.3 is 0 Å². The summed E-state index contributed by atoms with van der Waals surface area (Å²) in [6.07, 6.45) is 0.800. The minimum Gasteiger partial charge on any atom is -0.478 e. The van der Waals surface area contributed by atoms with Crippen LogP contribution < -0.4 is 9.64 Å². The zero-order valence-corrected chi connectivity index (χ0v) is 17.4. The van der Waals surface area contributed by atoms with Crippen molar-refractivity contribution in [1.29, 1.82) is 0 Å². The number of halogens is 1. The predicted octanol–water partition coefficient (Wildman–Crippen LogP) is 2.64. The molecule has 0 bridgehead atoms. The number of hydrogen-bond acceptors (Lipinski definition) is 7. The van der Waals surface area contributed by atoms with Crippen LogP contribution in [0.1, 0.15) is 6.92 Å². The Bertz CT molecular complexity index is 1230. The summed E-state index contributed by atoms with van der Waals surface area (Å²) in [4.78, 5) is 16.6. The number of amides is 1. The summed E-state index contributed by atoms with van der Waals surface area (Å²) in [6, 6.07) is 13.4. The molecule has 4 aromatic rings. The molecule has 1 aromatic carbocycles. The molecule has 0 aliphatic carbocycles. The number of carbonyl (C=O) groups excluding carboxylic acids is 1. The third-order valence-corrected chi connectivity index (χ3v) is 5.39. The van der Waals surface area contributed by atoms with Crippen LogP contribution in [0.5, 0.6) is 5.75 Å². The maximum absolute atomic E-state index is 13.8. The summed E-state index contributed by atoms with van der Waals surface area (Å²) >= 11 is 0. The summed E-state index contributed by atoms with van der Waals surface area (Å²) in [6.45, 7) is 3.87. The van der Waals surface area contributed by atoms with Crippen LogP contribution in [0.2, 0.25) is 0 Å². The van der Waals surface area contributed by atoms with Crippen LogP contribution in [0.4, 0.5) is 10.2 Å². The topological polar surface area (TPSA) is 89.0 Å². The van der Waals surface area contributed by atoms with Crippen molar-refractivity contribution in [3.8, 4) is 17.3 Å². The number of rotatable bonds is 5. The second kappa shape index (κ2) is 8.29. The number of piperazine rings is 1. The van der Waals surface area contributed by atoms with E-state index < -0.39 is 11.9 Å². The summed E-state index contributed by atoms with van der Waals surface area (Å²) < 4.78 is 26.4. The molecule has 9 nitrogen and oxygen atoms in total. The summed E-state index contributed by atoms with van der Waals surface area (Å²) in [5.41, 5.74) is 0.619. The summed E-state index contributed by atoms with van der Waals surface area (Å²) in [5, 5.41) is 13.0. The maximum atomic E-state index is 13.8. The monoisotopic (exact) mass is 436 g/mol. The first kappa shape index (κ1) is 20.0. The first-order valence-corrected chi connectivity index (χ1v) is 10.3. The van der Waals surface area contributed by atoms with Crippen molar-refractivity contribution in [3.05, 3.63) is 60.6 Å². The van der Waals surface area contributed by atoms with E-state index >= 15 is 0 Å². The fraction of sp³-hybridized carbons (Fsp3) is 0.273. The second-order valence-corrected chi connectivity index (χ2v) is 7.47. The van der Waals surface area contributed by atoms with Crippen molar-refractivity contribution < 1.29 is 18.3 Å². The highest BCUT2D eigenvalue weighted by Gasteiger charge is 2.27. The van der Waals surface area contributed by atoms with E-state index in [-0.39, 0.29) is 11.7 Å². The van der Waals surface area contributed by atoms with Gasteiger partial charge in [0.05, 0.1) is 6.26 Å². The Morgan fingerprint density at radius 2 is 1.88 bits per heavy atom. The van der Waals surface area contributed by atoms with Crippen molar-refractivity contribution in [1.82, 2.24) is 24.7 Å². The normalized spacial score (nSPS) is 15.2. The number of hydrogen-bond donors (Lipinski definition) is 0. The molecule has 0 saturated carbocycles.